The van der Waals surface area contributed by atoms with Gasteiger partial charge in [-0.3, -0.25) is 10.1 Å². The molecule has 7 heteroatoms. The third-order valence-corrected chi connectivity index (χ3v) is 4.86. The summed E-state index contributed by atoms with van der Waals surface area (Å²) >= 11 is 1.32. The lowest BCUT2D eigenvalue weighted by atomic mass is 10.2. The van der Waals surface area contributed by atoms with E-state index in [0.29, 0.717) is 15.9 Å². The monoisotopic (exact) mass is 285 g/mol. The van der Waals surface area contributed by atoms with Crippen molar-refractivity contribution in [3.05, 3.63) is 21.1 Å². The van der Waals surface area contributed by atoms with Crippen LogP contribution in [0.15, 0.2) is 6.07 Å². The summed E-state index contributed by atoms with van der Waals surface area (Å²) in [4.78, 5) is 15.6. The molecule has 0 bridgehead atoms. The molecule has 1 fully saturated rings. The SMILES string of the molecule is CC(O)c1cc([N+](=O)[O-])c(N2CCC(N(C)C)C2)s1. The Morgan fingerprint density at radius 2 is 2.32 bits per heavy atom. The summed E-state index contributed by atoms with van der Waals surface area (Å²) in [6.07, 6.45) is 0.344. The van der Waals surface area contributed by atoms with Crippen LogP contribution >= 0.6 is 11.3 Å². The van der Waals surface area contributed by atoms with Gasteiger partial charge in [0, 0.05) is 30.1 Å². The van der Waals surface area contributed by atoms with E-state index in [4.69, 9.17) is 0 Å². The fourth-order valence-corrected chi connectivity index (χ4v) is 3.40. The number of hydrogen-bond donors (Lipinski definition) is 1. The summed E-state index contributed by atoms with van der Waals surface area (Å²) in [5.74, 6) is 0. The first-order chi connectivity index (χ1) is 8.90. The molecular formula is C12H19N3O3S. The Kier molecular flexibility index (Phi) is 4.07. The highest BCUT2D eigenvalue weighted by Gasteiger charge is 2.31. The molecule has 1 N–H and O–H groups in total. The van der Waals surface area contributed by atoms with Gasteiger partial charge in [0.1, 0.15) is 0 Å². The first kappa shape index (κ1) is 14.2. The Hall–Kier alpha value is -1.18. The van der Waals surface area contributed by atoms with E-state index >= 15 is 0 Å². The molecule has 1 aromatic rings. The summed E-state index contributed by atoms with van der Waals surface area (Å²) in [6.45, 7) is 3.25. The van der Waals surface area contributed by atoms with Gasteiger partial charge >= 0.3 is 5.69 Å². The van der Waals surface area contributed by atoms with Gasteiger partial charge in [0.05, 0.1) is 11.0 Å². The molecule has 1 saturated heterocycles. The molecule has 1 aliphatic rings. The number of hydrogen-bond acceptors (Lipinski definition) is 6. The Bertz CT molecular complexity index is 473. The number of nitrogens with zero attached hydrogens (tertiary/aromatic N) is 3. The van der Waals surface area contributed by atoms with Gasteiger partial charge < -0.3 is 14.9 Å². The zero-order valence-corrected chi connectivity index (χ0v) is 12.2. The van der Waals surface area contributed by atoms with Crippen LogP contribution in [0.4, 0.5) is 10.7 Å². The average Bonchev–Trinajstić information content (AvgIpc) is 2.95. The molecule has 2 rings (SSSR count). The second-order valence-electron chi connectivity index (χ2n) is 5.12. The molecule has 2 atom stereocenters. The standard InChI is InChI=1S/C12H19N3O3S/c1-8(16)11-6-10(15(17)18)12(19-11)14-5-4-9(7-14)13(2)3/h6,8-9,16H,4-5,7H2,1-3H3. The zero-order valence-electron chi connectivity index (χ0n) is 11.4. The van der Waals surface area contributed by atoms with E-state index in [1.165, 1.54) is 17.4 Å². The number of thiophene rings is 1. The number of rotatable bonds is 4. The van der Waals surface area contributed by atoms with Crippen LogP contribution in [-0.4, -0.2) is 48.2 Å². The molecular weight excluding hydrogens is 266 g/mol. The number of likely N-dealkylation sites (N-methyl/N-ethyl adjacent to an activating group) is 1. The minimum atomic E-state index is -0.662. The number of aliphatic hydroxyl groups is 1. The van der Waals surface area contributed by atoms with Crippen LogP contribution in [0.25, 0.3) is 0 Å². The maximum absolute atomic E-state index is 11.1. The largest absolute Gasteiger partial charge is 0.388 e. The lowest BCUT2D eigenvalue weighted by molar-refractivity contribution is -0.383. The summed E-state index contributed by atoms with van der Waals surface area (Å²) in [5.41, 5.74) is 0.111. The topological polar surface area (TPSA) is 69.8 Å². The quantitative estimate of drug-likeness (QED) is 0.675. The first-order valence-electron chi connectivity index (χ1n) is 6.27. The van der Waals surface area contributed by atoms with Crippen LogP contribution < -0.4 is 4.90 Å². The van der Waals surface area contributed by atoms with Gasteiger partial charge in [0.15, 0.2) is 5.00 Å². The molecule has 2 heterocycles. The summed E-state index contributed by atoms with van der Waals surface area (Å²) < 4.78 is 0. The van der Waals surface area contributed by atoms with Gasteiger partial charge in [0.2, 0.25) is 0 Å². The Morgan fingerprint density at radius 1 is 1.63 bits per heavy atom. The maximum Gasteiger partial charge on any atom is 0.304 e. The van der Waals surface area contributed by atoms with Crippen molar-refractivity contribution in [2.45, 2.75) is 25.5 Å². The van der Waals surface area contributed by atoms with Gasteiger partial charge in [-0.05, 0) is 27.4 Å². The molecule has 1 aliphatic heterocycles. The highest BCUT2D eigenvalue weighted by molar-refractivity contribution is 7.16. The molecule has 106 valence electrons. The van der Waals surface area contributed by atoms with E-state index in [2.05, 4.69) is 9.80 Å². The van der Waals surface area contributed by atoms with Crippen LogP contribution in [0.5, 0.6) is 0 Å². The van der Waals surface area contributed by atoms with E-state index in [1.54, 1.807) is 6.92 Å². The normalized spacial score (nSPS) is 21.1. The Balaban J connectivity index is 2.26. The molecule has 19 heavy (non-hydrogen) atoms. The fourth-order valence-electron chi connectivity index (χ4n) is 2.30. The summed E-state index contributed by atoms with van der Waals surface area (Å²) in [7, 11) is 4.05. The van der Waals surface area contributed by atoms with Crippen LogP contribution in [0, 0.1) is 10.1 Å². The lowest BCUT2D eigenvalue weighted by Gasteiger charge is -2.20. The van der Waals surface area contributed by atoms with Crippen LogP contribution in [0.3, 0.4) is 0 Å². The molecule has 0 saturated carbocycles. The van der Waals surface area contributed by atoms with Crippen LogP contribution in [0.2, 0.25) is 0 Å². The Morgan fingerprint density at radius 3 is 2.79 bits per heavy atom. The van der Waals surface area contributed by atoms with Crippen molar-refractivity contribution in [1.82, 2.24) is 4.90 Å². The molecule has 0 amide bonds. The second-order valence-corrected chi connectivity index (χ2v) is 6.19. The zero-order chi connectivity index (χ0) is 14.2. The maximum atomic E-state index is 11.1. The van der Waals surface area contributed by atoms with Gasteiger partial charge in [-0.1, -0.05) is 0 Å². The van der Waals surface area contributed by atoms with Gasteiger partial charge in [-0.2, -0.15) is 0 Å². The number of aliphatic hydroxyl groups excluding tert-OH is 1. The van der Waals surface area contributed by atoms with E-state index in [1.807, 2.05) is 14.1 Å². The number of nitro groups is 1. The average molecular weight is 285 g/mol. The molecule has 2 unspecified atom stereocenters. The van der Waals surface area contributed by atoms with Crippen molar-refractivity contribution in [3.63, 3.8) is 0 Å². The minimum Gasteiger partial charge on any atom is -0.388 e. The summed E-state index contributed by atoms with van der Waals surface area (Å²) in [5, 5.41) is 21.4. The van der Waals surface area contributed by atoms with Gasteiger partial charge in [0.25, 0.3) is 0 Å². The van der Waals surface area contributed by atoms with Crippen molar-refractivity contribution in [2.24, 2.45) is 0 Å². The van der Waals surface area contributed by atoms with Gasteiger partial charge in [-0.15, -0.1) is 11.3 Å². The highest BCUT2D eigenvalue weighted by atomic mass is 32.1. The molecule has 0 radical (unpaired) electrons. The molecule has 1 aromatic heterocycles. The highest BCUT2D eigenvalue weighted by Crippen LogP contribution is 2.41. The lowest BCUT2D eigenvalue weighted by Crippen LogP contribution is -2.31. The third kappa shape index (κ3) is 2.88. The second kappa shape index (κ2) is 5.44. The Labute approximate surface area is 116 Å². The van der Waals surface area contributed by atoms with Crippen molar-refractivity contribution in [3.8, 4) is 0 Å². The van der Waals surface area contributed by atoms with E-state index in [-0.39, 0.29) is 10.6 Å². The van der Waals surface area contributed by atoms with E-state index in [9.17, 15) is 15.2 Å². The molecule has 6 nitrogen and oxygen atoms in total. The minimum absolute atomic E-state index is 0.111. The van der Waals surface area contributed by atoms with E-state index < -0.39 is 6.10 Å². The van der Waals surface area contributed by atoms with Crippen molar-refractivity contribution >= 4 is 22.0 Å². The molecule has 0 spiro atoms. The predicted molar refractivity (Wildman–Crippen MR) is 75.9 cm³/mol. The van der Waals surface area contributed by atoms with Crippen LogP contribution in [-0.2, 0) is 0 Å². The van der Waals surface area contributed by atoms with Crippen molar-refractivity contribution in [1.29, 1.82) is 0 Å². The van der Waals surface area contributed by atoms with E-state index in [0.717, 1.165) is 19.5 Å². The smallest absolute Gasteiger partial charge is 0.304 e. The van der Waals surface area contributed by atoms with Crippen molar-refractivity contribution < 1.29 is 10.0 Å². The predicted octanol–water partition coefficient (Wildman–Crippen LogP) is 1.85. The first-order valence-corrected chi connectivity index (χ1v) is 7.09. The van der Waals surface area contributed by atoms with Crippen LogP contribution in [0.1, 0.15) is 24.3 Å². The summed E-state index contributed by atoms with van der Waals surface area (Å²) in [6, 6.07) is 1.92. The third-order valence-electron chi connectivity index (χ3n) is 3.50. The number of anilines is 1. The van der Waals surface area contributed by atoms with Gasteiger partial charge in [-0.25, -0.2) is 0 Å². The molecule has 0 aliphatic carbocycles. The van der Waals surface area contributed by atoms with Crippen molar-refractivity contribution in [2.75, 3.05) is 32.1 Å². The fraction of sp³-hybridized carbons (Fsp3) is 0.667. The molecule has 0 aromatic carbocycles.